The molecule has 8 N–H and O–H groups in total. The van der Waals surface area contributed by atoms with Crippen LogP contribution in [0.15, 0.2) is 122 Å². The van der Waals surface area contributed by atoms with Gasteiger partial charge in [-0.15, -0.1) is 13.2 Å². The molecule has 0 spiro atoms. The van der Waals surface area contributed by atoms with E-state index in [0.29, 0.717) is 58.6 Å². The highest BCUT2D eigenvalue weighted by Gasteiger charge is 2.24. The van der Waals surface area contributed by atoms with Gasteiger partial charge in [0.1, 0.15) is 12.2 Å². The summed E-state index contributed by atoms with van der Waals surface area (Å²) in [5.41, 5.74) is 29.8. The van der Waals surface area contributed by atoms with E-state index in [-0.39, 0.29) is 37.4 Å². The van der Waals surface area contributed by atoms with Crippen molar-refractivity contribution in [2.24, 2.45) is 11.8 Å². The molecule has 12 heteroatoms. The highest BCUT2D eigenvalue weighted by molar-refractivity contribution is 5.91. The number of nitrogen functional groups attached to an aromatic ring is 4. The third-order valence-corrected chi connectivity index (χ3v) is 11.4. The fraction of sp³-hybridized carbons (Fsp3) is 0.321. The summed E-state index contributed by atoms with van der Waals surface area (Å²) in [7, 11) is 0. The second-order valence-electron chi connectivity index (χ2n) is 16.5. The number of esters is 4. The summed E-state index contributed by atoms with van der Waals surface area (Å²) in [6.45, 7) is 8.09. The van der Waals surface area contributed by atoms with Crippen molar-refractivity contribution >= 4 is 58.8 Å². The van der Waals surface area contributed by atoms with Crippen LogP contribution in [0.3, 0.4) is 0 Å². The van der Waals surface area contributed by atoms with Crippen LogP contribution in [0, 0.1) is 11.8 Å². The molecule has 2 aliphatic rings. The van der Waals surface area contributed by atoms with Gasteiger partial charge < -0.3 is 41.9 Å². The van der Waals surface area contributed by atoms with Gasteiger partial charge in [-0.05, 0) is 165 Å². The van der Waals surface area contributed by atoms with E-state index in [0.717, 1.165) is 80.0 Å². The molecule has 2 aliphatic carbocycles. The molecule has 4 aromatic rings. The maximum atomic E-state index is 12.4. The summed E-state index contributed by atoms with van der Waals surface area (Å²) in [5.74, 6) is -0.323. The molecule has 0 aromatic heterocycles. The fourth-order valence-corrected chi connectivity index (χ4v) is 7.81. The van der Waals surface area contributed by atoms with Crippen molar-refractivity contribution in [3.63, 3.8) is 0 Å². The Morgan fingerprint density at radius 3 is 1.29 bits per heavy atom. The van der Waals surface area contributed by atoms with Crippen LogP contribution in [0.25, 0.3) is 12.2 Å². The van der Waals surface area contributed by atoms with Crippen molar-refractivity contribution in [1.29, 1.82) is 0 Å². The quantitative estimate of drug-likeness (QED) is 0.0257. The number of carbonyl (C=O) groups is 4. The van der Waals surface area contributed by atoms with Crippen molar-refractivity contribution in [3.8, 4) is 0 Å². The first kappa shape index (κ1) is 48.9. The molecule has 6 rings (SSSR count). The first-order valence-electron chi connectivity index (χ1n) is 22.2. The molecule has 0 bridgehead atoms. The summed E-state index contributed by atoms with van der Waals surface area (Å²) in [6.07, 6.45) is 19.7. The number of rotatable bonds is 17. The predicted octanol–water partition coefficient (Wildman–Crippen LogP) is 9.49. The highest BCUT2D eigenvalue weighted by Crippen LogP contribution is 2.30. The highest BCUT2D eigenvalue weighted by atomic mass is 16.6. The van der Waals surface area contributed by atoms with Gasteiger partial charge in [-0.2, -0.15) is 0 Å². The average molecular weight is 883 g/mol. The molecule has 4 aromatic carbocycles. The second-order valence-corrected chi connectivity index (χ2v) is 16.5. The standard InChI is InChI=1S/C27H32N2O4.C26H30N2O4/c1-2-3-19-6-11-25(12-7-19)33-27(31)22-9-4-20(5-10-22)8-13-26(30)32-15-14-21-16-23(28)18-24(29)17-21;1-2-18-5-10-24(11-6-18)32-26(30)21-8-3-19(4-9-21)7-12-25(29)31-14-13-20-15-22(27)17-23(28)16-20/h2,4-5,8-10,13,16-19,25H,1,3,6-7,11-12,14-15,28-29H2;2-4,7-9,12,15-18,24H,1,5-6,10-11,13-14,27-28H2/b13-8+;12-7+. The molecule has 0 radical (unpaired) electrons. The molecule has 0 aliphatic heterocycles. The number of ether oxygens (including phenoxy) is 4. The van der Waals surface area contributed by atoms with Crippen LogP contribution in [-0.2, 0) is 41.4 Å². The zero-order valence-corrected chi connectivity index (χ0v) is 37.0. The van der Waals surface area contributed by atoms with E-state index in [9.17, 15) is 19.2 Å². The van der Waals surface area contributed by atoms with E-state index in [4.69, 9.17) is 41.9 Å². The van der Waals surface area contributed by atoms with Crippen LogP contribution in [0.5, 0.6) is 0 Å². The Bertz CT molecular complexity index is 2250. The third-order valence-electron chi connectivity index (χ3n) is 11.4. The number of benzene rings is 4. The van der Waals surface area contributed by atoms with Gasteiger partial charge in [-0.1, -0.05) is 36.4 Å². The number of anilines is 4. The Labute approximate surface area is 382 Å². The van der Waals surface area contributed by atoms with Gasteiger partial charge in [0.25, 0.3) is 0 Å². The van der Waals surface area contributed by atoms with Crippen LogP contribution in [0.1, 0.15) is 101 Å². The van der Waals surface area contributed by atoms with E-state index >= 15 is 0 Å². The normalized spacial score (nSPS) is 18.2. The lowest BCUT2D eigenvalue weighted by atomic mass is 9.85. The molecular formula is C53H62N4O8. The predicted molar refractivity (Wildman–Crippen MR) is 258 cm³/mol. The zero-order valence-electron chi connectivity index (χ0n) is 37.0. The van der Waals surface area contributed by atoms with Crippen molar-refractivity contribution in [2.45, 2.75) is 82.8 Å². The summed E-state index contributed by atoms with van der Waals surface area (Å²) in [4.78, 5) is 48.7. The minimum absolute atomic E-state index is 0.0170. The second kappa shape index (κ2) is 25.3. The number of hydrogen-bond donors (Lipinski definition) is 4. The zero-order chi connectivity index (χ0) is 46.6. The van der Waals surface area contributed by atoms with E-state index in [1.165, 1.54) is 12.2 Å². The summed E-state index contributed by atoms with van der Waals surface area (Å²) < 4.78 is 21.7. The molecule has 12 nitrogen and oxygen atoms in total. The molecule has 0 saturated heterocycles. The van der Waals surface area contributed by atoms with Crippen LogP contribution in [0.2, 0.25) is 0 Å². The average Bonchev–Trinajstić information content (AvgIpc) is 3.28. The number of carbonyl (C=O) groups excluding carboxylic acids is 4. The molecule has 0 atom stereocenters. The van der Waals surface area contributed by atoms with Gasteiger partial charge in [-0.3, -0.25) is 0 Å². The van der Waals surface area contributed by atoms with Gasteiger partial charge >= 0.3 is 23.9 Å². The van der Waals surface area contributed by atoms with Crippen molar-refractivity contribution < 1.29 is 38.1 Å². The summed E-state index contributed by atoms with van der Waals surface area (Å²) in [5, 5.41) is 0. The fourth-order valence-electron chi connectivity index (χ4n) is 7.81. The number of nitrogens with two attached hydrogens (primary N) is 4. The van der Waals surface area contributed by atoms with E-state index in [1.54, 1.807) is 97.1 Å². The van der Waals surface area contributed by atoms with E-state index < -0.39 is 11.9 Å². The Hall–Kier alpha value is -7.08. The molecule has 342 valence electrons. The maximum Gasteiger partial charge on any atom is 0.338 e. The maximum absolute atomic E-state index is 12.4. The Morgan fingerprint density at radius 2 is 0.923 bits per heavy atom. The van der Waals surface area contributed by atoms with Crippen molar-refractivity contribution in [3.05, 3.63) is 156 Å². The third kappa shape index (κ3) is 17.2. The van der Waals surface area contributed by atoms with Gasteiger partial charge in [0.05, 0.1) is 24.3 Å². The molecule has 0 amide bonds. The van der Waals surface area contributed by atoms with Gasteiger partial charge in [0.15, 0.2) is 0 Å². The monoisotopic (exact) mass is 882 g/mol. The van der Waals surface area contributed by atoms with Crippen LogP contribution < -0.4 is 22.9 Å². The van der Waals surface area contributed by atoms with Gasteiger partial charge in [-0.25, -0.2) is 19.2 Å². The van der Waals surface area contributed by atoms with Crippen molar-refractivity contribution in [1.82, 2.24) is 0 Å². The lowest BCUT2D eigenvalue weighted by Gasteiger charge is -2.27. The Morgan fingerprint density at radius 1 is 0.538 bits per heavy atom. The van der Waals surface area contributed by atoms with Gasteiger partial charge in [0.2, 0.25) is 0 Å². The first-order chi connectivity index (χ1) is 31.3. The Balaban J connectivity index is 0.000000244. The van der Waals surface area contributed by atoms with Crippen molar-refractivity contribution in [2.75, 3.05) is 36.1 Å². The van der Waals surface area contributed by atoms with Crippen LogP contribution >= 0.6 is 0 Å². The lowest BCUT2D eigenvalue weighted by molar-refractivity contribution is -0.138. The molecule has 65 heavy (non-hydrogen) atoms. The molecule has 0 heterocycles. The summed E-state index contributed by atoms with van der Waals surface area (Å²) in [6, 6.07) is 24.5. The number of hydrogen-bond acceptors (Lipinski definition) is 12. The topological polar surface area (TPSA) is 209 Å². The van der Waals surface area contributed by atoms with Crippen LogP contribution in [-0.4, -0.2) is 49.3 Å². The van der Waals surface area contributed by atoms with Gasteiger partial charge in [0, 0.05) is 47.7 Å². The smallest absolute Gasteiger partial charge is 0.338 e. The summed E-state index contributed by atoms with van der Waals surface area (Å²) >= 11 is 0. The number of allylic oxidation sites excluding steroid dienone is 2. The lowest BCUT2D eigenvalue weighted by Crippen LogP contribution is -2.24. The Kier molecular flexibility index (Phi) is 19.0. The molecular weight excluding hydrogens is 821 g/mol. The SMILES string of the molecule is C=CC1CCC(OC(=O)c2ccc(/C=C/C(=O)OCCc3cc(N)cc(N)c3)cc2)CC1.C=CCC1CCC(OC(=O)c2ccc(/C=C/C(=O)OCCc3cc(N)cc(N)c3)cc2)CC1. The molecule has 2 saturated carbocycles. The minimum Gasteiger partial charge on any atom is -0.462 e. The minimum atomic E-state index is -0.444. The first-order valence-corrected chi connectivity index (χ1v) is 22.2. The molecule has 0 unspecified atom stereocenters. The van der Waals surface area contributed by atoms with E-state index in [2.05, 4.69) is 13.2 Å². The molecule has 2 fully saturated rings. The van der Waals surface area contributed by atoms with E-state index in [1.807, 2.05) is 12.2 Å². The van der Waals surface area contributed by atoms with Crippen LogP contribution in [0.4, 0.5) is 22.7 Å². The largest absolute Gasteiger partial charge is 0.462 e.